The number of amides is 1. The monoisotopic (exact) mass is 434 g/mol. The van der Waals surface area contributed by atoms with E-state index in [1.54, 1.807) is 0 Å². The van der Waals surface area contributed by atoms with Crippen molar-refractivity contribution in [1.82, 2.24) is 0 Å². The van der Waals surface area contributed by atoms with E-state index >= 15 is 0 Å². The van der Waals surface area contributed by atoms with E-state index in [0.29, 0.717) is 14.9 Å². The Morgan fingerprint density at radius 3 is 2.46 bits per heavy atom. The molecular formula is C20H16ClFN2O2S2. The zero-order valence-electron chi connectivity index (χ0n) is 14.7. The lowest BCUT2D eigenvalue weighted by Gasteiger charge is -2.28. The Bertz CT molecular complexity index is 959. The molecule has 28 heavy (non-hydrogen) atoms. The van der Waals surface area contributed by atoms with E-state index in [4.69, 9.17) is 28.6 Å². The molecule has 0 radical (unpaired) electrons. The van der Waals surface area contributed by atoms with Gasteiger partial charge in [0.05, 0.1) is 28.8 Å². The van der Waals surface area contributed by atoms with E-state index in [1.807, 2.05) is 30.3 Å². The molecule has 0 unspecified atom stereocenters. The second-order valence-corrected chi connectivity index (χ2v) is 8.39. The van der Waals surface area contributed by atoms with Crippen LogP contribution in [0.15, 0.2) is 47.4 Å². The molecule has 2 saturated heterocycles. The van der Waals surface area contributed by atoms with E-state index < -0.39 is 5.82 Å². The molecule has 0 aliphatic carbocycles. The first kappa shape index (κ1) is 19.4. The Balaban J connectivity index is 1.54. The van der Waals surface area contributed by atoms with Crippen LogP contribution in [0.5, 0.6) is 0 Å². The van der Waals surface area contributed by atoms with E-state index in [1.165, 1.54) is 34.9 Å². The van der Waals surface area contributed by atoms with Gasteiger partial charge >= 0.3 is 0 Å². The van der Waals surface area contributed by atoms with Crippen LogP contribution < -0.4 is 9.80 Å². The summed E-state index contributed by atoms with van der Waals surface area (Å²) in [7, 11) is 0. The second-order valence-electron chi connectivity index (χ2n) is 6.31. The number of rotatable bonds is 3. The third kappa shape index (κ3) is 3.93. The van der Waals surface area contributed by atoms with Crippen LogP contribution in [0.3, 0.4) is 0 Å². The van der Waals surface area contributed by atoms with Crippen molar-refractivity contribution in [3.05, 3.63) is 63.8 Å². The molecule has 1 amide bonds. The average molecular weight is 435 g/mol. The molecule has 0 atom stereocenters. The fourth-order valence-electron chi connectivity index (χ4n) is 3.07. The summed E-state index contributed by atoms with van der Waals surface area (Å²) in [5.74, 6) is -0.776. The molecule has 8 heteroatoms. The summed E-state index contributed by atoms with van der Waals surface area (Å²) in [4.78, 5) is 17.0. The molecule has 0 aromatic heterocycles. The number of hydrogen-bond donors (Lipinski definition) is 0. The highest BCUT2D eigenvalue weighted by atomic mass is 35.5. The van der Waals surface area contributed by atoms with Crippen molar-refractivity contribution >= 4 is 63.3 Å². The number of morpholine rings is 1. The number of thioether (sulfide) groups is 1. The number of carbonyl (C=O) groups is 1. The molecule has 2 fully saturated rings. The molecule has 4 nitrogen and oxygen atoms in total. The number of benzene rings is 2. The van der Waals surface area contributed by atoms with Crippen molar-refractivity contribution in [3.8, 4) is 0 Å². The van der Waals surface area contributed by atoms with E-state index in [2.05, 4.69) is 4.90 Å². The maximum atomic E-state index is 13.4. The predicted octanol–water partition coefficient (Wildman–Crippen LogP) is 4.72. The third-order valence-electron chi connectivity index (χ3n) is 4.52. The zero-order valence-corrected chi connectivity index (χ0v) is 17.1. The number of ether oxygens (including phenoxy) is 1. The fourth-order valence-corrected chi connectivity index (χ4v) is 4.54. The summed E-state index contributed by atoms with van der Waals surface area (Å²) >= 11 is 12.4. The van der Waals surface area contributed by atoms with Crippen LogP contribution in [0.25, 0.3) is 6.08 Å². The van der Waals surface area contributed by atoms with Crippen molar-refractivity contribution in [2.75, 3.05) is 36.1 Å². The van der Waals surface area contributed by atoms with Crippen LogP contribution in [0.2, 0.25) is 5.02 Å². The van der Waals surface area contributed by atoms with Gasteiger partial charge in [-0.15, -0.1) is 0 Å². The molecule has 2 aliphatic rings. The van der Waals surface area contributed by atoms with Crippen LogP contribution in [-0.4, -0.2) is 36.5 Å². The Labute approximate surface area is 176 Å². The van der Waals surface area contributed by atoms with Crippen molar-refractivity contribution in [2.24, 2.45) is 0 Å². The van der Waals surface area contributed by atoms with Gasteiger partial charge in [0.15, 0.2) is 4.32 Å². The summed E-state index contributed by atoms with van der Waals surface area (Å²) in [6.45, 7) is 3.21. The molecule has 0 N–H and O–H groups in total. The van der Waals surface area contributed by atoms with Gasteiger partial charge in [-0.25, -0.2) is 4.39 Å². The quantitative estimate of drug-likeness (QED) is 0.515. The third-order valence-corrected chi connectivity index (χ3v) is 6.11. The summed E-state index contributed by atoms with van der Waals surface area (Å²) in [6, 6.07) is 12.2. The molecule has 0 saturated carbocycles. The molecule has 2 aromatic carbocycles. The van der Waals surface area contributed by atoms with Crippen molar-refractivity contribution in [1.29, 1.82) is 0 Å². The van der Waals surface area contributed by atoms with Gasteiger partial charge in [-0.3, -0.25) is 9.69 Å². The van der Waals surface area contributed by atoms with Gasteiger partial charge in [0.1, 0.15) is 5.82 Å². The standard InChI is InChI=1S/C20H16ClFN2O2S2/c21-16-12-15(5-6-17(16)22)24-19(25)18(28-20(24)27)11-13-1-3-14(4-2-13)23-7-9-26-10-8-23/h1-6,11-12H,7-10H2. The first-order valence-electron chi connectivity index (χ1n) is 8.69. The van der Waals surface area contributed by atoms with Gasteiger partial charge in [-0.1, -0.05) is 47.7 Å². The van der Waals surface area contributed by atoms with E-state index in [-0.39, 0.29) is 10.9 Å². The number of anilines is 2. The van der Waals surface area contributed by atoms with Crippen LogP contribution in [-0.2, 0) is 9.53 Å². The van der Waals surface area contributed by atoms with Crippen LogP contribution in [0.4, 0.5) is 15.8 Å². The molecule has 0 bridgehead atoms. The Morgan fingerprint density at radius 2 is 1.79 bits per heavy atom. The molecular weight excluding hydrogens is 419 g/mol. The molecule has 2 aromatic rings. The highest BCUT2D eigenvalue weighted by Gasteiger charge is 2.33. The topological polar surface area (TPSA) is 32.8 Å². The van der Waals surface area contributed by atoms with Gasteiger partial charge in [0.25, 0.3) is 5.91 Å². The minimum atomic E-state index is -0.535. The molecule has 2 aliphatic heterocycles. The number of halogens is 2. The highest BCUT2D eigenvalue weighted by molar-refractivity contribution is 8.27. The lowest BCUT2D eigenvalue weighted by Crippen LogP contribution is -2.36. The number of carbonyl (C=O) groups excluding carboxylic acids is 1. The Morgan fingerprint density at radius 1 is 1.11 bits per heavy atom. The lowest BCUT2D eigenvalue weighted by atomic mass is 10.1. The van der Waals surface area contributed by atoms with Crippen molar-refractivity contribution < 1.29 is 13.9 Å². The minimum Gasteiger partial charge on any atom is -0.378 e. The van der Waals surface area contributed by atoms with Crippen LogP contribution >= 0.6 is 35.6 Å². The Kier molecular flexibility index (Phi) is 5.68. The zero-order chi connectivity index (χ0) is 19.7. The van der Waals surface area contributed by atoms with E-state index in [0.717, 1.165) is 37.6 Å². The molecule has 2 heterocycles. The predicted molar refractivity (Wildman–Crippen MR) is 117 cm³/mol. The van der Waals surface area contributed by atoms with Gasteiger partial charge < -0.3 is 9.64 Å². The smallest absolute Gasteiger partial charge is 0.270 e. The maximum Gasteiger partial charge on any atom is 0.270 e. The van der Waals surface area contributed by atoms with Gasteiger partial charge in [0, 0.05) is 18.8 Å². The summed E-state index contributed by atoms with van der Waals surface area (Å²) < 4.78 is 19.2. The first-order valence-corrected chi connectivity index (χ1v) is 10.3. The molecule has 0 spiro atoms. The minimum absolute atomic E-state index is 0.0470. The van der Waals surface area contributed by atoms with Gasteiger partial charge in [-0.2, -0.15) is 0 Å². The summed E-state index contributed by atoms with van der Waals surface area (Å²) in [6.07, 6.45) is 1.81. The normalized spacial score (nSPS) is 19.0. The van der Waals surface area contributed by atoms with Crippen molar-refractivity contribution in [3.63, 3.8) is 0 Å². The molecule has 4 rings (SSSR count). The molecule has 144 valence electrons. The summed E-state index contributed by atoms with van der Waals surface area (Å²) in [5, 5.41) is -0.0470. The SMILES string of the molecule is O=C1C(=Cc2ccc(N3CCOCC3)cc2)SC(=S)N1c1ccc(F)c(Cl)c1. The Hall–Kier alpha value is -1.93. The lowest BCUT2D eigenvalue weighted by molar-refractivity contribution is -0.113. The average Bonchev–Trinajstić information content (AvgIpc) is 2.98. The van der Waals surface area contributed by atoms with Gasteiger partial charge in [0.2, 0.25) is 0 Å². The highest BCUT2D eigenvalue weighted by Crippen LogP contribution is 2.37. The first-order chi connectivity index (χ1) is 13.5. The number of hydrogen-bond acceptors (Lipinski definition) is 5. The fraction of sp³-hybridized carbons (Fsp3) is 0.200. The van der Waals surface area contributed by atoms with E-state index in [9.17, 15) is 9.18 Å². The van der Waals surface area contributed by atoms with Crippen LogP contribution in [0.1, 0.15) is 5.56 Å². The second kappa shape index (κ2) is 8.21. The van der Waals surface area contributed by atoms with Crippen molar-refractivity contribution in [2.45, 2.75) is 0 Å². The number of nitrogens with zero attached hydrogens (tertiary/aromatic N) is 2. The van der Waals surface area contributed by atoms with Crippen LogP contribution in [0, 0.1) is 5.82 Å². The van der Waals surface area contributed by atoms with Gasteiger partial charge in [-0.05, 0) is 42.0 Å². The number of thiocarbonyl (C=S) groups is 1. The summed E-state index contributed by atoms with van der Waals surface area (Å²) in [5.41, 5.74) is 2.50. The maximum absolute atomic E-state index is 13.4. The largest absolute Gasteiger partial charge is 0.378 e.